The van der Waals surface area contributed by atoms with E-state index in [2.05, 4.69) is 16.4 Å². The van der Waals surface area contributed by atoms with Crippen LogP contribution in [0.2, 0.25) is 0 Å². The molecule has 1 aliphatic heterocycles. The number of para-hydroxylation sites is 1. The van der Waals surface area contributed by atoms with Crippen LogP contribution in [0.5, 0.6) is 0 Å². The highest BCUT2D eigenvalue weighted by molar-refractivity contribution is 6.07. The molecule has 120 valence electrons. The van der Waals surface area contributed by atoms with Crippen molar-refractivity contribution in [3.8, 4) is 0 Å². The number of amides is 2. The molecule has 0 bridgehead atoms. The fraction of sp³-hybridized carbons (Fsp3) is 0.444. The molecule has 2 aliphatic rings. The summed E-state index contributed by atoms with van der Waals surface area (Å²) < 4.78 is 0. The molecule has 1 aromatic carbocycles. The zero-order chi connectivity index (χ0) is 15.8. The van der Waals surface area contributed by atoms with Crippen molar-refractivity contribution in [3.05, 3.63) is 35.0 Å². The lowest BCUT2D eigenvalue weighted by molar-refractivity contribution is -0.120. The van der Waals surface area contributed by atoms with Crippen molar-refractivity contribution in [2.75, 3.05) is 19.6 Å². The van der Waals surface area contributed by atoms with Gasteiger partial charge in [-0.15, -0.1) is 0 Å². The smallest absolute Gasteiger partial charge is 0.256 e. The Morgan fingerprint density at radius 3 is 2.87 bits per heavy atom. The van der Waals surface area contributed by atoms with Gasteiger partial charge in [0.2, 0.25) is 5.91 Å². The van der Waals surface area contributed by atoms with E-state index < -0.39 is 0 Å². The third-order valence-electron chi connectivity index (χ3n) is 4.96. The molecule has 2 N–H and O–H groups in total. The lowest BCUT2D eigenvalue weighted by atomic mass is 9.95. The predicted molar refractivity (Wildman–Crippen MR) is 88.5 cm³/mol. The zero-order valence-corrected chi connectivity index (χ0v) is 13.2. The minimum Gasteiger partial charge on any atom is -0.358 e. The molecule has 0 saturated carbocycles. The Balaban J connectivity index is 1.72. The number of aryl methyl sites for hydroxylation is 2. The molecule has 2 aromatic rings. The zero-order valence-electron chi connectivity index (χ0n) is 13.2. The van der Waals surface area contributed by atoms with Gasteiger partial charge in [-0.1, -0.05) is 12.1 Å². The van der Waals surface area contributed by atoms with Gasteiger partial charge in [-0.3, -0.25) is 9.59 Å². The number of benzene rings is 1. The maximum Gasteiger partial charge on any atom is 0.256 e. The summed E-state index contributed by atoms with van der Waals surface area (Å²) in [5.74, 6) is 0.0412. The van der Waals surface area contributed by atoms with E-state index in [0.29, 0.717) is 26.1 Å². The number of fused-ring (bicyclic) bond motifs is 3. The fourth-order valence-corrected chi connectivity index (χ4v) is 3.75. The van der Waals surface area contributed by atoms with Crippen LogP contribution >= 0.6 is 0 Å². The number of nitrogens with zero attached hydrogens (tertiary/aromatic N) is 1. The molecule has 0 atom stereocenters. The average Bonchev–Trinajstić information content (AvgIpc) is 2.82. The van der Waals surface area contributed by atoms with E-state index in [1.165, 1.54) is 29.5 Å². The van der Waals surface area contributed by atoms with Crippen molar-refractivity contribution in [2.24, 2.45) is 0 Å². The molecule has 1 fully saturated rings. The van der Waals surface area contributed by atoms with Crippen LogP contribution in [0.3, 0.4) is 0 Å². The van der Waals surface area contributed by atoms with Gasteiger partial charge in [0.05, 0.1) is 11.1 Å². The van der Waals surface area contributed by atoms with Crippen molar-refractivity contribution in [1.82, 2.24) is 15.2 Å². The maximum absolute atomic E-state index is 13.0. The first kappa shape index (κ1) is 14.3. The molecule has 5 nitrogen and oxygen atoms in total. The number of carbonyl (C=O) groups excluding carboxylic acids is 2. The number of hydrogen-bond donors (Lipinski definition) is 2. The molecule has 1 aromatic heterocycles. The van der Waals surface area contributed by atoms with E-state index in [-0.39, 0.29) is 11.8 Å². The van der Waals surface area contributed by atoms with Crippen molar-refractivity contribution >= 4 is 22.7 Å². The molecule has 1 saturated heterocycles. The van der Waals surface area contributed by atoms with Crippen molar-refractivity contribution in [2.45, 2.75) is 32.1 Å². The highest BCUT2D eigenvalue weighted by Crippen LogP contribution is 2.31. The maximum atomic E-state index is 13.0. The minimum atomic E-state index is 0.0192. The molecule has 2 amide bonds. The van der Waals surface area contributed by atoms with Gasteiger partial charge in [-0.05, 0) is 37.3 Å². The van der Waals surface area contributed by atoms with Crippen LogP contribution in [-0.4, -0.2) is 41.3 Å². The van der Waals surface area contributed by atoms with Crippen LogP contribution in [0.4, 0.5) is 0 Å². The van der Waals surface area contributed by atoms with E-state index in [1.807, 2.05) is 12.1 Å². The van der Waals surface area contributed by atoms with E-state index in [1.54, 1.807) is 4.90 Å². The highest BCUT2D eigenvalue weighted by atomic mass is 16.2. The Morgan fingerprint density at radius 1 is 1.09 bits per heavy atom. The molecular weight excluding hydrogens is 290 g/mol. The lowest BCUT2D eigenvalue weighted by Gasteiger charge is -2.19. The number of hydrogen-bond acceptors (Lipinski definition) is 2. The number of nitrogens with one attached hydrogen (secondary N) is 2. The quantitative estimate of drug-likeness (QED) is 0.846. The Kier molecular flexibility index (Phi) is 3.56. The first-order valence-electron chi connectivity index (χ1n) is 8.42. The molecule has 4 rings (SSSR count). The Bertz CT molecular complexity index is 778. The summed E-state index contributed by atoms with van der Waals surface area (Å²) in [6.07, 6.45) is 4.97. The second-order valence-electron chi connectivity index (χ2n) is 6.41. The molecule has 0 unspecified atom stereocenters. The summed E-state index contributed by atoms with van der Waals surface area (Å²) in [7, 11) is 0. The van der Waals surface area contributed by atoms with Gasteiger partial charge in [0.1, 0.15) is 0 Å². The monoisotopic (exact) mass is 311 g/mol. The second-order valence-corrected chi connectivity index (χ2v) is 6.41. The Hall–Kier alpha value is -2.30. The summed E-state index contributed by atoms with van der Waals surface area (Å²) >= 11 is 0. The van der Waals surface area contributed by atoms with E-state index in [0.717, 1.165) is 23.9 Å². The fourth-order valence-electron chi connectivity index (χ4n) is 3.75. The summed E-state index contributed by atoms with van der Waals surface area (Å²) in [6, 6.07) is 5.98. The molecular formula is C18H21N3O2. The number of rotatable bonds is 1. The van der Waals surface area contributed by atoms with Crippen LogP contribution < -0.4 is 5.32 Å². The van der Waals surface area contributed by atoms with Crippen LogP contribution in [0.1, 0.15) is 40.9 Å². The SMILES string of the molecule is O=C1CCN(C(=O)c2cccc3c4c([nH]c23)CCCC4)CCN1. The third-order valence-corrected chi connectivity index (χ3v) is 4.96. The molecule has 5 heteroatoms. The van der Waals surface area contributed by atoms with E-state index >= 15 is 0 Å². The summed E-state index contributed by atoms with van der Waals surface area (Å²) in [5, 5.41) is 4.01. The predicted octanol–water partition coefficient (Wildman–Crippen LogP) is 2.01. The Labute approximate surface area is 135 Å². The van der Waals surface area contributed by atoms with Crippen LogP contribution in [0.15, 0.2) is 18.2 Å². The van der Waals surface area contributed by atoms with Crippen LogP contribution in [0.25, 0.3) is 10.9 Å². The molecule has 0 radical (unpaired) electrons. The number of aromatic nitrogens is 1. The van der Waals surface area contributed by atoms with Crippen LogP contribution in [0, 0.1) is 0 Å². The molecule has 1 aliphatic carbocycles. The summed E-state index contributed by atoms with van der Waals surface area (Å²) in [6.45, 7) is 1.59. The van der Waals surface area contributed by atoms with E-state index in [4.69, 9.17) is 0 Å². The van der Waals surface area contributed by atoms with Crippen molar-refractivity contribution in [1.29, 1.82) is 0 Å². The second kappa shape index (κ2) is 5.72. The normalized spacial score (nSPS) is 18.4. The molecule has 0 spiro atoms. The molecule has 23 heavy (non-hydrogen) atoms. The summed E-state index contributed by atoms with van der Waals surface area (Å²) in [5.41, 5.74) is 4.37. The number of carbonyl (C=O) groups is 2. The highest BCUT2D eigenvalue weighted by Gasteiger charge is 2.24. The largest absolute Gasteiger partial charge is 0.358 e. The van der Waals surface area contributed by atoms with Gasteiger partial charge in [-0.25, -0.2) is 0 Å². The van der Waals surface area contributed by atoms with Crippen LogP contribution in [-0.2, 0) is 17.6 Å². The average molecular weight is 311 g/mol. The third kappa shape index (κ3) is 2.50. The Morgan fingerprint density at radius 2 is 1.96 bits per heavy atom. The van der Waals surface area contributed by atoms with Gasteiger partial charge < -0.3 is 15.2 Å². The van der Waals surface area contributed by atoms with Crippen molar-refractivity contribution < 1.29 is 9.59 Å². The van der Waals surface area contributed by atoms with E-state index in [9.17, 15) is 9.59 Å². The van der Waals surface area contributed by atoms with Gasteiger partial charge in [0, 0.05) is 37.1 Å². The van der Waals surface area contributed by atoms with Gasteiger partial charge in [-0.2, -0.15) is 0 Å². The van der Waals surface area contributed by atoms with Gasteiger partial charge in [0.25, 0.3) is 5.91 Å². The van der Waals surface area contributed by atoms with Gasteiger partial charge >= 0.3 is 0 Å². The molecule has 2 heterocycles. The first-order valence-corrected chi connectivity index (χ1v) is 8.42. The van der Waals surface area contributed by atoms with Gasteiger partial charge in [0.15, 0.2) is 0 Å². The van der Waals surface area contributed by atoms with Crippen molar-refractivity contribution in [3.63, 3.8) is 0 Å². The number of aromatic amines is 1. The lowest BCUT2D eigenvalue weighted by Crippen LogP contribution is -2.34. The minimum absolute atomic E-state index is 0.0192. The standard InChI is InChI=1S/C18H21N3O2/c22-16-8-10-21(11-9-19-16)18(23)14-6-3-5-13-12-4-1-2-7-15(12)20-17(13)14/h3,5-6,20H,1-2,4,7-11H2,(H,19,22). The topological polar surface area (TPSA) is 65.2 Å². The number of H-pyrrole nitrogens is 1. The summed E-state index contributed by atoms with van der Waals surface area (Å²) in [4.78, 5) is 29.7. The first-order chi connectivity index (χ1) is 11.2.